The molecule has 1 aromatic carbocycles. The smallest absolute Gasteiger partial charge is 0.231 e. The Kier molecular flexibility index (Phi) is 2.87. The van der Waals surface area contributed by atoms with Crippen LogP contribution in [0.25, 0.3) is 0 Å². The van der Waals surface area contributed by atoms with Gasteiger partial charge in [-0.1, -0.05) is 40.2 Å². The Hall–Kier alpha value is -0.830. The fraction of sp³-hybridized carbons (Fsp3) is 0.364. The highest BCUT2D eigenvalue weighted by atomic mass is 79.9. The predicted molar refractivity (Wildman–Crippen MR) is 59.4 cm³/mol. The van der Waals surface area contributed by atoms with Crippen LogP contribution in [0.3, 0.4) is 0 Å². The maximum absolute atomic E-state index is 11.2. The molecule has 2 nitrogen and oxygen atoms in total. The van der Waals surface area contributed by atoms with E-state index in [1.807, 2.05) is 12.1 Å². The van der Waals surface area contributed by atoms with Crippen LogP contribution in [-0.2, 0) is 11.2 Å². The number of halogens is 1. The molecule has 0 aliphatic heterocycles. The number of alkyl halides is 1. The molecule has 74 valence electrons. The summed E-state index contributed by atoms with van der Waals surface area (Å²) in [7, 11) is 0. The maximum Gasteiger partial charge on any atom is 0.231 e. The number of fused-ring (bicyclic) bond motifs is 1. The molecule has 0 fully saturated rings. The topological polar surface area (TPSA) is 29.1 Å². The van der Waals surface area contributed by atoms with Crippen molar-refractivity contribution >= 4 is 21.8 Å². The van der Waals surface area contributed by atoms with Gasteiger partial charge in [0, 0.05) is 0 Å². The SMILES string of the molecule is O=C(CBr)N[C@@H]1CCc2ccccc21. The number of hydrogen-bond donors (Lipinski definition) is 1. The van der Waals surface area contributed by atoms with Gasteiger partial charge in [-0.3, -0.25) is 4.79 Å². The first-order chi connectivity index (χ1) is 6.81. The molecule has 1 atom stereocenters. The van der Waals surface area contributed by atoms with Gasteiger partial charge in [-0.25, -0.2) is 0 Å². The molecular weight excluding hydrogens is 242 g/mol. The number of nitrogens with one attached hydrogen (secondary N) is 1. The quantitative estimate of drug-likeness (QED) is 0.805. The lowest BCUT2D eigenvalue weighted by atomic mass is 10.1. The number of amides is 1. The van der Waals surface area contributed by atoms with Crippen molar-refractivity contribution < 1.29 is 4.79 Å². The van der Waals surface area contributed by atoms with Crippen molar-refractivity contribution in [3.8, 4) is 0 Å². The Morgan fingerprint density at radius 3 is 3.07 bits per heavy atom. The van der Waals surface area contributed by atoms with Crippen LogP contribution < -0.4 is 5.32 Å². The molecule has 0 saturated carbocycles. The van der Waals surface area contributed by atoms with Crippen molar-refractivity contribution in [2.75, 3.05) is 5.33 Å². The molecule has 14 heavy (non-hydrogen) atoms. The standard InChI is InChI=1S/C11H12BrNO/c12-7-11(14)13-10-6-5-8-3-1-2-4-9(8)10/h1-4,10H,5-7H2,(H,13,14)/t10-/m1/s1. The zero-order valence-corrected chi connectivity index (χ0v) is 9.38. The first-order valence-electron chi connectivity index (χ1n) is 4.74. The predicted octanol–water partition coefficient (Wildman–Crippen LogP) is 2.19. The average molecular weight is 254 g/mol. The van der Waals surface area contributed by atoms with Crippen LogP contribution in [0.15, 0.2) is 24.3 Å². The van der Waals surface area contributed by atoms with Crippen molar-refractivity contribution in [3.63, 3.8) is 0 Å². The summed E-state index contributed by atoms with van der Waals surface area (Å²) in [5.74, 6) is 0.0618. The van der Waals surface area contributed by atoms with E-state index in [1.165, 1.54) is 11.1 Å². The minimum Gasteiger partial charge on any atom is -0.349 e. The van der Waals surface area contributed by atoms with Crippen molar-refractivity contribution in [3.05, 3.63) is 35.4 Å². The summed E-state index contributed by atoms with van der Waals surface area (Å²) in [5, 5.41) is 3.38. The summed E-state index contributed by atoms with van der Waals surface area (Å²) < 4.78 is 0. The normalized spacial score (nSPS) is 19.1. The molecule has 0 bridgehead atoms. The fourth-order valence-corrected chi connectivity index (χ4v) is 2.10. The molecule has 1 N–H and O–H groups in total. The number of hydrogen-bond acceptors (Lipinski definition) is 1. The number of carbonyl (C=O) groups excluding carboxylic acids is 1. The molecule has 0 heterocycles. The lowest BCUT2D eigenvalue weighted by molar-refractivity contribution is -0.119. The van der Waals surface area contributed by atoms with Gasteiger partial charge in [-0.2, -0.15) is 0 Å². The monoisotopic (exact) mass is 253 g/mol. The van der Waals surface area contributed by atoms with E-state index in [1.54, 1.807) is 0 Å². The molecule has 1 amide bonds. The van der Waals surface area contributed by atoms with E-state index in [0.717, 1.165) is 12.8 Å². The molecule has 2 rings (SSSR count). The maximum atomic E-state index is 11.2. The van der Waals surface area contributed by atoms with Gasteiger partial charge in [0.15, 0.2) is 0 Å². The Morgan fingerprint density at radius 1 is 1.50 bits per heavy atom. The minimum absolute atomic E-state index is 0.0618. The second kappa shape index (κ2) is 4.13. The Labute approximate surface area is 91.8 Å². The minimum atomic E-state index is 0.0618. The Morgan fingerprint density at radius 2 is 2.29 bits per heavy atom. The van der Waals surface area contributed by atoms with E-state index in [0.29, 0.717) is 5.33 Å². The summed E-state index contributed by atoms with van der Waals surface area (Å²) >= 11 is 3.15. The van der Waals surface area contributed by atoms with E-state index in [4.69, 9.17) is 0 Å². The van der Waals surface area contributed by atoms with Gasteiger partial charge in [0.1, 0.15) is 0 Å². The average Bonchev–Trinajstić information content (AvgIpc) is 2.62. The number of carbonyl (C=O) groups is 1. The molecule has 0 saturated heterocycles. The number of aryl methyl sites for hydroxylation is 1. The van der Waals surface area contributed by atoms with Gasteiger partial charge >= 0.3 is 0 Å². The second-order valence-electron chi connectivity index (χ2n) is 3.49. The third kappa shape index (κ3) is 1.82. The summed E-state index contributed by atoms with van der Waals surface area (Å²) in [4.78, 5) is 11.2. The van der Waals surface area contributed by atoms with Gasteiger partial charge < -0.3 is 5.32 Å². The van der Waals surface area contributed by atoms with E-state index >= 15 is 0 Å². The molecule has 3 heteroatoms. The molecule has 0 radical (unpaired) electrons. The zero-order chi connectivity index (χ0) is 9.97. The van der Waals surface area contributed by atoms with E-state index in [2.05, 4.69) is 33.4 Å². The third-order valence-corrected chi connectivity index (χ3v) is 3.10. The van der Waals surface area contributed by atoms with E-state index < -0.39 is 0 Å². The van der Waals surface area contributed by atoms with Gasteiger partial charge in [0.05, 0.1) is 11.4 Å². The first kappa shape index (κ1) is 9.71. The summed E-state index contributed by atoms with van der Waals surface area (Å²) in [6.07, 6.45) is 2.10. The van der Waals surface area contributed by atoms with Gasteiger partial charge in [-0.05, 0) is 24.0 Å². The van der Waals surface area contributed by atoms with Crippen LogP contribution in [0.5, 0.6) is 0 Å². The van der Waals surface area contributed by atoms with E-state index in [-0.39, 0.29) is 11.9 Å². The van der Waals surface area contributed by atoms with Crippen LogP contribution in [0.1, 0.15) is 23.6 Å². The van der Waals surface area contributed by atoms with Crippen LogP contribution in [0, 0.1) is 0 Å². The molecule has 1 aliphatic rings. The summed E-state index contributed by atoms with van der Waals surface area (Å²) in [6.45, 7) is 0. The lowest BCUT2D eigenvalue weighted by Crippen LogP contribution is -2.27. The van der Waals surface area contributed by atoms with Crippen molar-refractivity contribution in [1.82, 2.24) is 5.32 Å². The lowest BCUT2D eigenvalue weighted by Gasteiger charge is -2.12. The molecule has 0 unspecified atom stereocenters. The van der Waals surface area contributed by atoms with E-state index in [9.17, 15) is 4.79 Å². The Bertz CT molecular complexity index is 351. The molecule has 0 spiro atoms. The van der Waals surface area contributed by atoms with Crippen LogP contribution in [0.2, 0.25) is 0 Å². The highest BCUT2D eigenvalue weighted by Gasteiger charge is 2.22. The highest BCUT2D eigenvalue weighted by molar-refractivity contribution is 9.09. The fourth-order valence-electron chi connectivity index (χ4n) is 1.94. The first-order valence-corrected chi connectivity index (χ1v) is 5.86. The van der Waals surface area contributed by atoms with Gasteiger partial charge in [0.25, 0.3) is 0 Å². The molecule has 1 aromatic rings. The summed E-state index contributed by atoms with van der Waals surface area (Å²) in [6, 6.07) is 8.53. The molecular formula is C11H12BrNO. The highest BCUT2D eigenvalue weighted by Crippen LogP contribution is 2.30. The summed E-state index contributed by atoms with van der Waals surface area (Å²) in [5.41, 5.74) is 2.65. The van der Waals surface area contributed by atoms with Gasteiger partial charge in [-0.15, -0.1) is 0 Å². The number of benzene rings is 1. The van der Waals surface area contributed by atoms with Gasteiger partial charge in [0.2, 0.25) is 5.91 Å². The van der Waals surface area contributed by atoms with Crippen LogP contribution >= 0.6 is 15.9 Å². The second-order valence-corrected chi connectivity index (χ2v) is 4.05. The molecule has 1 aliphatic carbocycles. The van der Waals surface area contributed by atoms with Crippen LogP contribution in [-0.4, -0.2) is 11.2 Å². The largest absolute Gasteiger partial charge is 0.349 e. The molecule has 0 aromatic heterocycles. The van der Waals surface area contributed by atoms with Crippen LogP contribution in [0.4, 0.5) is 0 Å². The number of rotatable bonds is 2. The van der Waals surface area contributed by atoms with Crippen molar-refractivity contribution in [2.45, 2.75) is 18.9 Å². The van der Waals surface area contributed by atoms with Crippen molar-refractivity contribution in [2.24, 2.45) is 0 Å². The zero-order valence-electron chi connectivity index (χ0n) is 7.79. The van der Waals surface area contributed by atoms with Crippen molar-refractivity contribution in [1.29, 1.82) is 0 Å². The Balaban J connectivity index is 2.14. The third-order valence-electron chi connectivity index (χ3n) is 2.59.